The van der Waals surface area contributed by atoms with Crippen molar-refractivity contribution in [3.8, 4) is 0 Å². The summed E-state index contributed by atoms with van der Waals surface area (Å²) in [6, 6.07) is 0. The van der Waals surface area contributed by atoms with E-state index in [2.05, 4.69) is 17.2 Å². The van der Waals surface area contributed by atoms with Gasteiger partial charge in [0.1, 0.15) is 0 Å². The van der Waals surface area contributed by atoms with Crippen LogP contribution >= 0.6 is 0 Å². The van der Waals surface area contributed by atoms with Gasteiger partial charge >= 0.3 is 0 Å². The number of piperidine rings is 1. The number of hydrogen-bond donors (Lipinski definition) is 2. The second-order valence-electron chi connectivity index (χ2n) is 3.08. The Bertz CT molecular complexity index is 162. The van der Waals surface area contributed by atoms with Crippen molar-refractivity contribution in [2.75, 3.05) is 19.6 Å². The molecule has 0 unspecified atom stereocenters. The van der Waals surface area contributed by atoms with Gasteiger partial charge in [-0.05, 0) is 19.4 Å². The van der Waals surface area contributed by atoms with Gasteiger partial charge in [0.05, 0.1) is 5.92 Å². The van der Waals surface area contributed by atoms with Crippen molar-refractivity contribution >= 4 is 5.91 Å². The number of amides is 1. The lowest BCUT2D eigenvalue weighted by molar-refractivity contribution is -0.125. The SMILES string of the molecule is C=CCNC(=O)[C@H]1CCCNC1. The maximum Gasteiger partial charge on any atom is 0.224 e. The van der Waals surface area contributed by atoms with Crippen LogP contribution in [0.1, 0.15) is 12.8 Å². The van der Waals surface area contributed by atoms with Gasteiger partial charge in [-0.3, -0.25) is 4.79 Å². The first-order valence-corrected chi connectivity index (χ1v) is 4.44. The van der Waals surface area contributed by atoms with Crippen LogP contribution in [-0.2, 0) is 4.79 Å². The molecule has 1 heterocycles. The van der Waals surface area contributed by atoms with E-state index in [-0.39, 0.29) is 11.8 Å². The molecule has 2 N–H and O–H groups in total. The third-order valence-corrected chi connectivity index (χ3v) is 2.09. The molecule has 3 nitrogen and oxygen atoms in total. The molecule has 1 amide bonds. The van der Waals surface area contributed by atoms with Crippen LogP contribution in [0.15, 0.2) is 12.7 Å². The first-order chi connectivity index (χ1) is 5.84. The van der Waals surface area contributed by atoms with Gasteiger partial charge in [-0.25, -0.2) is 0 Å². The normalized spacial score (nSPS) is 23.2. The molecule has 1 aliphatic rings. The minimum Gasteiger partial charge on any atom is -0.352 e. The summed E-state index contributed by atoms with van der Waals surface area (Å²) in [5.41, 5.74) is 0. The predicted octanol–water partition coefficient (Wildman–Crippen LogP) is 0.288. The van der Waals surface area contributed by atoms with Gasteiger partial charge in [-0.2, -0.15) is 0 Å². The van der Waals surface area contributed by atoms with Gasteiger partial charge in [0.2, 0.25) is 5.91 Å². The summed E-state index contributed by atoms with van der Waals surface area (Å²) in [4.78, 5) is 11.4. The summed E-state index contributed by atoms with van der Waals surface area (Å²) in [5.74, 6) is 0.320. The quantitative estimate of drug-likeness (QED) is 0.595. The van der Waals surface area contributed by atoms with Crippen molar-refractivity contribution in [3.63, 3.8) is 0 Å². The minimum atomic E-state index is 0.155. The summed E-state index contributed by atoms with van der Waals surface area (Å²) in [6.45, 7) is 6.00. The fourth-order valence-electron chi connectivity index (χ4n) is 1.39. The summed E-state index contributed by atoms with van der Waals surface area (Å²) in [5, 5.41) is 6.01. The van der Waals surface area contributed by atoms with Crippen LogP contribution in [0.2, 0.25) is 0 Å². The van der Waals surface area contributed by atoms with Crippen LogP contribution in [0.5, 0.6) is 0 Å². The van der Waals surface area contributed by atoms with E-state index < -0.39 is 0 Å². The topological polar surface area (TPSA) is 41.1 Å². The van der Waals surface area contributed by atoms with E-state index in [1.165, 1.54) is 0 Å². The molecule has 1 fully saturated rings. The van der Waals surface area contributed by atoms with Crippen molar-refractivity contribution in [1.82, 2.24) is 10.6 Å². The van der Waals surface area contributed by atoms with Crippen LogP contribution in [0, 0.1) is 5.92 Å². The summed E-state index contributed by atoms with van der Waals surface area (Å²) < 4.78 is 0. The standard InChI is InChI=1S/C9H16N2O/c1-2-5-11-9(12)8-4-3-6-10-7-8/h2,8,10H,1,3-7H2,(H,11,12)/t8-/m0/s1. The number of carbonyl (C=O) groups excluding carboxylic acids is 1. The second kappa shape index (κ2) is 4.93. The maximum absolute atomic E-state index is 11.4. The van der Waals surface area contributed by atoms with Gasteiger partial charge in [0, 0.05) is 13.1 Å². The van der Waals surface area contributed by atoms with E-state index in [0.29, 0.717) is 6.54 Å². The summed E-state index contributed by atoms with van der Waals surface area (Å²) >= 11 is 0. The van der Waals surface area contributed by atoms with Crippen LogP contribution in [-0.4, -0.2) is 25.5 Å². The minimum absolute atomic E-state index is 0.155. The van der Waals surface area contributed by atoms with Crippen molar-refractivity contribution in [2.45, 2.75) is 12.8 Å². The Morgan fingerprint density at radius 2 is 2.58 bits per heavy atom. The number of rotatable bonds is 3. The molecule has 1 saturated heterocycles. The molecule has 12 heavy (non-hydrogen) atoms. The number of hydrogen-bond acceptors (Lipinski definition) is 2. The van der Waals surface area contributed by atoms with Gasteiger partial charge in [-0.1, -0.05) is 6.08 Å². The van der Waals surface area contributed by atoms with E-state index in [9.17, 15) is 4.79 Å². The summed E-state index contributed by atoms with van der Waals surface area (Å²) in [6.07, 6.45) is 3.82. The third kappa shape index (κ3) is 2.66. The monoisotopic (exact) mass is 168 g/mol. The molecule has 0 saturated carbocycles. The van der Waals surface area contributed by atoms with E-state index in [4.69, 9.17) is 0 Å². The van der Waals surface area contributed by atoms with Crippen LogP contribution in [0.3, 0.4) is 0 Å². The van der Waals surface area contributed by atoms with Gasteiger partial charge in [-0.15, -0.1) is 6.58 Å². The Morgan fingerprint density at radius 1 is 1.75 bits per heavy atom. The Labute approximate surface area is 73.2 Å². The Morgan fingerprint density at radius 3 is 3.17 bits per heavy atom. The molecular formula is C9H16N2O. The fourth-order valence-corrected chi connectivity index (χ4v) is 1.39. The zero-order valence-corrected chi connectivity index (χ0v) is 7.31. The van der Waals surface area contributed by atoms with Crippen molar-refractivity contribution < 1.29 is 4.79 Å². The van der Waals surface area contributed by atoms with Gasteiger partial charge in [0.25, 0.3) is 0 Å². The maximum atomic E-state index is 11.4. The van der Waals surface area contributed by atoms with Crippen LogP contribution in [0.4, 0.5) is 0 Å². The third-order valence-electron chi connectivity index (χ3n) is 2.09. The van der Waals surface area contributed by atoms with Crippen molar-refractivity contribution in [2.24, 2.45) is 5.92 Å². The van der Waals surface area contributed by atoms with Crippen LogP contribution in [0.25, 0.3) is 0 Å². The smallest absolute Gasteiger partial charge is 0.224 e. The average Bonchev–Trinajstić information content (AvgIpc) is 2.15. The molecule has 0 aliphatic carbocycles. The Kier molecular flexibility index (Phi) is 3.80. The number of nitrogens with one attached hydrogen (secondary N) is 2. The van der Waals surface area contributed by atoms with E-state index in [1.807, 2.05) is 0 Å². The lowest BCUT2D eigenvalue weighted by Crippen LogP contribution is -2.40. The highest BCUT2D eigenvalue weighted by molar-refractivity contribution is 5.79. The number of carbonyl (C=O) groups is 1. The van der Waals surface area contributed by atoms with Gasteiger partial charge < -0.3 is 10.6 Å². The first kappa shape index (κ1) is 9.26. The second-order valence-corrected chi connectivity index (χ2v) is 3.08. The van der Waals surface area contributed by atoms with Crippen LogP contribution < -0.4 is 10.6 Å². The summed E-state index contributed by atoms with van der Waals surface area (Å²) in [7, 11) is 0. The zero-order valence-electron chi connectivity index (χ0n) is 7.31. The molecule has 1 aliphatic heterocycles. The highest BCUT2D eigenvalue weighted by atomic mass is 16.1. The van der Waals surface area contributed by atoms with Crippen molar-refractivity contribution in [3.05, 3.63) is 12.7 Å². The molecule has 0 spiro atoms. The molecule has 0 radical (unpaired) electrons. The zero-order chi connectivity index (χ0) is 8.81. The fraction of sp³-hybridized carbons (Fsp3) is 0.667. The lowest BCUT2D eigenvalue weighted by Gasteiger charge is -2.21. The Balaban J connectivity index is 2.24. The molecule has 0 aromatic carbocycles. The Hall–Kier alpha value is -0.830. The van der Waals surface area contributed by atoms with Gasteiger partial charge in [0.15, 0.2) is 0 Å². The lowest BCUT2D eigenvalue weighted by atomic mass is 9.99. The molecule has 1 rings (SSSR count). The molecule has 1 atom stereocenters. The van der Waals surface area contributed by atoms with E-state index >= 15 is 0 Å². The van der Waals surface area contributed by atoms with Crippen molar-refractivity contribution in [1.29, 1.82) is 0 Å². The molecule has 68 valence electrons. The predicted molar refractivity (Wildman–Crippen MR) is 48.8 cm³/mol. The van der Waals surface area contributed by atoms with E-state index in [0.717, 1.165) is 25.9 Å². The molecule has 0 aromatic rings. The highest BCUT2D eigenvalue weighted by Gasteiger charge is 2.19. The molecular weight excluding hydrogens is 152 g/mol. The van der Waals surface area contributed by atoms with E-state index in [1.54, 1.807) is 6.08 Å². The molecule has 0 aromatic heterocycles. The molecule has 3 heteroatoms. The average molecular weight is 168 g/mol. The first-order valence-electron chi connectivity index (χ1n) is 4.44. The largest absolute Gasteiger partial charge is 0.352 e. The molecule has 0 bridgehead atoms. The highest BCUT2D eigenvalue weighted by Crippen LogP contribution is 2.09.